The molecule has 5 nitrogen and oxygen atoms in total. The van der Waals surface area contributed by atoms with Gasteiger partial charge in [-0.2, -0.15) is 5.10 Å². The zero-order valence-electron chi connectivity index (χ0n) is 16.5. The van der Waals surface area contributed by atoms with E-state index in [0.29, 0.717) is 28.6 Å². The zero-order valence-corrected chi connectivity index (χ0v) is 17.2. The summed E-state index contributed by atoms with van der Waals surface area (Å²) in [6, 6.07) is 27.3. The number of amides is 1. The minimum atomic E-state index is -0.284. The van der Waals surface area contributed by atoms with Crippen LogP contribution in [0.15, 0.2) is 84.9 Å². The van der Waals surface area contributed by atoms with E-state index in [-0.39, 0.29) is 5.91 Å². The number of carbonyl (C=O) groups is 1. The molecule has 0 fully saturated rings. The number of aryl methyl sites for hydroxylation is 1. The molecule has 30 heavy (non-hydrogen) atoms. The fraction of sp³-hybridized carbons (Fsp3) is 0.0833. The number of rotatable bonds is 6. The van der Waals surface area contributed by atoms with Gasteiger partial charge in [-0.1, -0.05) is 66.2 Å². The van der Waals surface area contributed by atoms with Crippen molar-refractivity contribution in [1.29, 1.82) is 0 Å². The lowest BCUT2D eigenvalue weighted by Crippen LogP contribution is -2.13. The second-order valence-corrected chi connectivity index (χ2v) is 7.28. The van der Waals surface area contributed by atoms with Crippen LogP contribution in [-0.2, 0) is 6.54 Å². The van der Waals surface area contributed by atoms with Gasteiger partial charge in [0, 0.05) is 17.1 Å². The van der Waals surface area contributed by atoms with Crippen molar-refractivity contribution in [3.63, 3.8) is 0 Å². The SMILES string of the molecule is Cc1nn(Cc2ccccc2)c(Cl)c1C(=O)Nc1cccc(Nc2ccccc2)c1. The number of nitrogens with one attached hydrogen (secondary N) is 2. The van der Waals surface area contributed by atoms with Crippen molar-refractivity contribution in [2.75, 3.05) is 10.6 Å². The van der Waals surface area contributed by atoms with Crippen LogP contribution in [0.4, 0.5) is 17.1 Å². The molecule has 6 heteroatoms. The molecular formula is C24H21ClN4O. The summed E-state index contributed by atoms with van der Waals surface area (Å²) in [7, 11) is 0. The molecule has 1 heterocycles. The smallest absolute Gasteiger partial charge is 0.260 e. The van der Waals surface area contributed by atoms with E-state index in [9.17, 15) is 4.79 Å². The Labute approximate surface area is 180 Å². The van der Waals surface area contributed by atoms with E-state index in [1.807, 2.05) is 84.9 Å². The number of carbonyl (C=O) groups excluding carboxylic acids is 1. The Balaban J connectivity index is 1.51. The second kappa shape index (κ2) is 8.84. The number of hydrogen-bond acceptors (Lipinski definition) is 3. The number of hydrogen-bond donors (Lipinski definition) is 2. The summed E-state index contributed by atoms with van der Waals surface area (Å²) in [5, 5.41) is 11.0. The van der Waals surface area contributed by atoms with Crippen LogP contribution in [0, 0.1) is 6.92 Å². The van der Waals surface area contributed by atoms with Crippen molar-refractivity contribution >= 4 is 34.6 Å². The molecule has 0 bridgehead atoms. The maximum Gasteiger partial charge on any atom is 0.260 e. The van der Waals surface area contributed by atoms with Crippen molar-refractivity contribution in [1.82, 2.24) is 9.78 Å². The number of para-hydroxylation sites is 1. The molecule has 0 spiro atoms. The summed E-state index contributed by atoms with van der Waals surface area (Å²) in [5.74, 6) is -0.284. The van der Waals surface area contributed by atoms with Gasteiger partial charge in [0.15, 0.2) is 0 Å². The maximum atomic E-state index is 12.9. The second-order valence-electron chi connectivity index (χ2n) is 6.92. The van der Waals surface area contributed by atoms with Crippen molar-refractivity contribution in [3.05, 3.63) is 107 Å². The molecule has 0 aliphatic heterocycles. The third-order valence-electron chi connectivity index (χ3n) is 4.65. The number of nitrogens with zero attached hydrogens (tertiary/aromatic N) is 2. The standard InChI is InChI=1S/C24H21ClN4O/c1-17-22(23(25)29(28-17)16-18-9-4-2-5-10-18)24(30)27-21-14-8-13-20(15-21)26-19-11-6-3-7-12-19/h2-15,26H,16H2,1H3,(H,27,30). The summed E-state index contributed by atoms with van der Waals surface area (Å²) in [4.78, 5) is 12.9. The van der Waals surface area contributed by atoms with E-state index in [1.165, 1.54) is 0 Å². The van der Waals surface area contributed by atoms with E-state index in [1.54, 1.807) is 11.6 Å². The molecule has 4 rings (SSSR count). The maximum absolute atomic E-state index is 12.9. The number of anilines is 3. The van der Waals surface area contributed by atoms with Gasteiger partial charge in [0.05, 0.1) is 17.8 Å². The highest BCUT2D eigenvalue weighted by Gasteiger charge is 2.20. The monoisotopic (exact) mass is 416 g/mol. The first kappa shape index (κ1) is 19.7. The third-order valence-corrected chi connectivity index (χ3v) is 5.03. The predicted octanol–water partition coefficient (Wildman–Crippen LogP) is 5.89. The quantitative estimate of drug-likeness (QED) is 0.412. The largest absolute Gasteiger partial charge is 0.355 e. The lowest BCUT2D eigenvalue weighted by Gasteiger charge is -2.10. The zero-order chi connectivity index (χ0) is 20.9. The van der Waals surface area contributed by atoms with Crippen LogP contribution in [0.5, 0.6) is 0 Å². The van der Waals surface area contributed by atoms with Crippen molar-refractivity contribution in [2.45, 2.75) is 13.5 Å². The molecule has 0 aliphatic carbocycles. The first-order chi connectivity index (χ1) is 14.6. The Bertz CT molecular complexity index is 1160. The summed E-state index contributed by atoms with van der Waals surface area (Å²) in [6.07, 6.45) is 0. The highest BCUT2D eigenvalue weighted by molar-refractivity contribution is 6.33. The molecular weight excluding hydrogens is 396 g/mol. The van der Waals surface area contributed by atoms with E-state index >= 15 is 0 Å². The minimum absolute atomic E-state index is 0.284. The lowest BCUT2D eigenvalue weighted by molar-refractivity contribution is 0.102. The fourth-order valence-electron chi connectivity index (χ4n) is 3.23. The Morgan fingerprint density at radius 2 is 1.53 bits per heavy atom. The lowest BCUT2D eigenvalue weighted by atomic mass is 10.2. The number of halogens is 1. The first-order valence-electron chi connectivity index (χ1n) is 9.60. The molecule has 3 aromatic carbocycles. The molecule has 4 aromatic rings. The van der Waals surface area contributed by atoms with Crippen molar-refractivity contribution in [2.24, 2.45) is 0 Å². The molecule has 0 aliphatic rings. The fourth-order valence-corrected chi connectivity index (χ4v) is 3.55. The van der Waals surface area contributed by atoms with Gasteiger partial charge in [-0.15, -0.1) is 0 Å². The van der Waals surface area contributed by atoms with Crippen LogP contribution in [-0.4, -0.2) is 15.7 Å². The first-order valence-corrected chi connectivity index (χ1v) is 9.98. The Morgan fingerprint density at radius 1 is 0.900 bits per heavy atom. The van der Waals surface area contributed by atoms with Gasteiger partial charge in [-0.25, -0.2) is 4.68 Å². The van der Waals surface area contributed by atoms with E-state index in [2.05, 4.69) is 15.7 Å². The highest BCUT2D eigenvalue weighted by Crippen LogP contribution is 2.24. The average molecular weight is 417 g/mol. The number of benzene rings is 3. The van der Waals surface area contributed by atoms with Gasteiger partial charge >= 0.3 is 0 Å². The van der Waals surface area contributed by atoms with Crippen LogP contribution in [0.2, 0.25) is 5.15 Å². The Hall–Kier alpha value is -3.57. The molecule has 0 radical (unpaired) electrons. The topological polar surface area (TPSA) is 59.0 Å². The van der Waals surface area contributed by atoms with Gasteiger partial charge in [-0.05, 0) is 42.8 Å². The van der Waals surface area contributed by atoms with Gasteiger partial charge in [-0.3, -0.25) is 4.79 Å². The molecule has 0 atom stereocenters. The molecule has 1 amide bonds. The summed E-state index contributed by atoms with van der Waals surface area (Å²) in [6.45, 7) is 2.29. The van der Waals surface area contributed by atoms with Crippen LogP contribution < -0.4 is 10.6 Å². The van der Waals surface area contributed by atoms with Crippen molar-refractivity contribution in [3.8, 4) is 0 Å². The van der Waals surface area contributed by atoms with Gasteiger partial charge < -0.3 is 10.6 Å². The van der Waals surface area contributed by atoms with E-state index in [0.717, 1.165) is 16.9 Å². The molecule has 2 N–H and O–H groups in total. The van der Waals surface area contributed by atoms with Crippen LogP contribution >= 0.6 is 11.6 Å². The summed E-state index contributed by atoms with van der Waals surface area (Å²) >= 11 is 6.51. The molecule has 0 saturated carbocycles. The molecule has 0 unspecified atom stereocenters. The Kier molecular flexibility index (Phi) is 5.82. The van der Waals surface area contributed by atoms with Crippen LogP contribution in [0.3, 0.4) is 0 Å². The van der Waals surface area contributed by atoms with Gasteiger partial charge in [0.1, 0.15) is 5.15 Å². The highest BCUT2D eigenvalue weighted by atomic mass is 35.5. The van der Waals surface area contributed by atoms with E-state index < -0.39 is 0 Å². The minimum Gasteiger partial charge on any atom is -0.355 e. The summed E-state index contributed by atoms with van der Waals surface area (Å²) < 4.78 is 1.65. The normalized spacial score (nSPS) is 10.6. The van der Waals surface area contributed by atoms with E-state index in [4.69, 9.17) is 11.6 Å². The predicted molar refractivity (Wildman–Crippen MR) is 122 cm³/mol. The third kappa shape index (κ3) is 4.53. The van der Waals surface area contributed by atoms with Crippen molar-refractivity contribution < 1.29 is 4.79 Å². The molecule has 0 saturated heterocycles. The van der Waals surface area contributed by atoms with Crippen LogP contribution in [0.1, 0.15) is 21.6 Å². The molecule has 150 valence electrons. The average Bonchev–Trinajstić information content (AvgIpc) is 3.03. The summed E-state index contributed by atoms with van der Waals surface area (Å²) in [5.41, 5.74) is 4.56. The van der Waals surface area contributed by atoms with Crippen LogP contribution in [0.25, 0.3) is 0 Å². The van der Waals surface area contributed by atoms with Gasteiger partial charge in [0.25, 0.3) is 5.91 Å². The molecule has 1 aromatic heterocycles. The number of aromatic nitrogens is 2. The Morgan fingerprint density at radius 3 is 2.27 bits per heavy atom. The van der Waals surface area contributed by atoms with Gasteiger partial charge in [0.2, 0.25) is 0 Å².